The zero-order valence-corrected chi connectivity index (χ0v) is 50.0. The van der Waals surface area contributed by atoms with Crippen molar-refractivity contribution in [2.45, 2.75) is 54.3 Å². The molecule has 0 bridgehead atoms. The Hall–Kier alpha value is -4.16. The van der Waals surface area contributed by atoms with Crippen molar-refractivity contribution in [2.24, 2.45) is 5.90 Å². The van der Waals surface area contributed by atoms with Crippen LogP contribution in [-0.2, 0) is 53.0 Å². The number of carbonyl (C=O) groups is 3. The number of nitrogens with zero attached hydrogens (tertiary/aromatic N) is 5. The van der Waals surface area contributed by atoms with Gasteiger partial charge in [-0.15, -0.1) is 0 Å². The van der Waals surface area contributed by atoms with E-state index in [1.54, 1.807) is 26.2 Å². The molecule has 8 N–H and O–H groups in total. The van der Waals surface area contributed by atoms with Gasteiger partial charge in [-0.1, -0.05) is 54.6 Å². The molecule has 3 aromatic rings. The molecule has 3 aliphatic carbocycles. The first-order valence-electron chi connectivity index (χ1n) is 24.6. The first-order valence-corrected chi connectivity index (χ1v) is 30.0. The number of piperazine rings is 3. The molecule has 428 valence electrons. The van der Waals surface area contributed by atoms with E-state index in [1.807, 2.05) is 72.8 Å². The maximum atomic E-state index is 12.3. The van der Waals surface area contributed by atoms with Crippen molar-refractivity contribution in [2.75, 3.05) is 107 Å². The van der Waals surface area contributed by atoms with Crippen LogP contribution in [0.5, 0.6) is 0 Å². The fourth-order valence-electron chi connectivity index (χ4n) is 8.27. The predicted octanol–water partition coefficient (Wildman–Crippen LogP) is -3.55. The summed E-state index contributed by atoms with van der Waals surface area (Å²) in [5.74, 6) is 2.19. The van der Waals surface area contributed by atoms with Crippen molar-refractivity contribution in [3.05, 3.63) is 108 Å². The molecule has 3 aliphatic heterocycles. The Morgan fingerprint density at radius 1 is 0.564 bits per heavy atom. The first kappa shape index (κ1) is 69.9. The standard InChI is InChI=1S/C17H22N2O4S.C16H21N3O4S.C14H18N2O2.C3H5ClO2S.ClH.H3NO.Na.H2O/c1-23-17(20)9-6-14-4-2-3-5-16(14)18-10-12-19(13-11-18)24(21,22)15-7-8-15;20-16(17-21)8-5-13-3-1-2-4-15(13)18-9-11-19(12-10-18)24(22,23)14-6-7-14;1-18-14(17)7-6-12-4-2-3-5-13(12)16-10-8-15-9-11-16;4-7(5,6)3-1-2-3;;1-2;;/h2-6,9,15H,7-8,10-13H2,1H3;1-5,8,14,21H,6-7,9-12H2,(H,17,20);2-7,15H,8-11H2,1H3;3H,1-2H2;1H;2H,1H2;;1H2/q;;;;;;+1;/p-1/b9-6+;8-5+;7-6+;;;;;. The van der Waals surface area contributed by atoms with Gasteiger partial charge in [-0.05, 0) is 91.6 Å². The number of methoxy groups -OCH3 is 2. The van der Waals surface area contributed by atoms with E-state index in [0.717, 1.165) is 92.8 Å². The summed E-state index contributed by atoms with van der Waals surface area (Å²) in [5.41, 5.74) is 7.52. The molecule has 1 amide bonds. The van der Waals surface area contributed by atoms with E-state index in [2.05, 4.69) is 41.5 Å². The Labute approximate surface area is 491 Å². The van der Waals surface area contributed by atoms with Crippen LogP contribution in [0.2, 0.25) is 0 Å². The predicted molar refractivity (Wildman–Crippen MR) is 291 cm³/mol. The summed E-state index contributed by atoms with van der Waals surface area (Å²) < 4.78 is 82.0. The van der Waals surface area contributed by atoms with Crippen molar-refractivity contribution in [1.82, 2.24) is 14.1 Å². The summed E-state index contributed by atoms with van der Waals surface area (Å²) in [6.07, 6.45) is 14.0. The summed E-state index contributed by atoms with van der Waals surface area (Å²) in [5, 5.41) is 16.8. The molecule has 3 heterocycles. The minimum absolute atomic E-state index is 0. The number of rotatable bonds is 14. The largest absolute Gasteiger partial charge is 1.00 e. The molecule has 0 radical (unpaired) electrons. The second-order valence-electron chi connectivity index (χ2n) is 18.0. The number of halogens is 2. The number of hydrogen-bond acceptors (Lipinski definition) is 18. The van der Waals surface area contributed by atoms with Gasteiger partial charge >= 0.3 is 41.5 Å². The second-order valence-corrected chi connectivity index (χ2v) is 25.3. The molecular formula is C50H71Cl2N8NaO14S3. The van der Waals surface area contributed by atoms with Gasteiger partial charge in [0.05, 0.1) is 56.1 Å². The van der Waals surface area contributed by atoms with Gasteiger partial charge in [-0.25, -0.2) is 46.2 Å². The second kappa shape index (κ2) is 34.2. The molecule has 0 spiro atoms. The molecular weight excluding hydrogens is 1130 g/mol. The van der Waals surface area contributed by atoms with E-state index in [1.165, 1.54) is 38.1 Å². The number of hydrogen-bond donors (Lipinski definition) is 5. The molecule has 3 aromatic carbocycles. The number of sulfonamides is 2. The van der Waals surface area contributed by atoms with Crippen LogP contribution in [0.4, 0.5) is 17.1 Å². The molecule has 3 saturated carbocycles. The van der Waals surface area contributed by atoms with Gasteiger partial charge in [-0.3, -0.25) is 10.0 Å². The summed E-state index contributed by atoms with van der Waals surface area (Å²) >= 11 is 0. The Kier molecular flexibility index (Phi) is 30.7. The minimum Gasteiger partial charge on any atom is -1.00 e. The Morgan fingerprint density at radius 3 is 1.15 bits per heavy atom. The van der Waals surface area contributed by atoms with Crippen LogP contribution in [-0.4, -0.2) is 176 Å². The molecule has 78 heavy (non-hydrogen) atoms. The van der Waals surface area contributed by atoms with Crippen molar-refractivity contribution in [3.63, 3.8) is 0 Å². The number of benzene rings is 3. The molecule has 0 aromatic heterocycles. The maximum Gasteiger partial charge on any atom is 1.00 e. The fourth-order valence-corrected chi connectivity index (χ4v) is 13.2. The van der Waals surface area contributed by atoms with Crippen LogP contribution in [0.1, 0.15) is 55.2 Å². The molecule has 6 aliphatic rings. The van der Waals surface area contributed by atoms with Gasteiger partial charge in [0.2, 0.25) is 29.1 Å². The minimum atomic E-state index is -3.16. The Balaban J connectivity index is 0.000000366. The monoisotopic (exact) mass is 1200 g/mol. The Morgan fingerprint density at radius 2 is 0.872 bits per heavy atom. The van der Waals surface area contributed by atoms with Crippen molar-refractivity contribution in [1.29, 1.82) is 0 Å². The molecule has 28 heteroatoms. The van der Waals surface area contributed by atoms with Crippen molar-refractivity contribution < 1.29 is 112 Å². The SMILES string of the molecule is COC(=O)/C=C/c1ccccc1N1CCN(S(=O)(=O)C2CC2)CC1.COC(=O)/C=C/c1ccccc1N1CC[NH2+]CC1.NO.O=C(/C=C/c1ccccc1N1CCN(S(=O)(=O)C2CC2)CC1)NO.O=S(=O)(Cl)C1CC1.[Cl-].[Na+].[OH-]. The number of anilines is 3. The summed E-state index contributed by atoms with van der Waals surface area (Å²) in [7, 11) is -1.74. The van der Waals surface area contributed by atoms with E-state index in [4.69, 9.17) is 21.1 Å². The molecule has 9 rings (SSSR count). The van der Waals surface area contributed by atoms with Gasteiger partial charge in [0, 0.05) is 98.3 Å². The third-order valence-electron chi connectivity index (χ3n) is 12.8. The molecule has 22 nitrogen and oxygen atoms in total. The number of nitrogens with two attached hydrogens (primary N) is 2. The zero-order chi connectivity index (χ0) is 54.6. The average Bonchev–Trinajstić information content (AvgIpc) is 4.25. The van der Waals surface area contributed by atoms with Crippen LogP contribution >= 0.6 is 10.7 Å². The number of hydroxylamine groups is 1. The van der Waals surface area contributed by atoms with E-state index < -0.39 is 41.0 Å². The van der Waals surface area contributed by atoms with Crippen molar-refractivity contribution in [3.8, 4) is 0 Å². The van der Waals surface area contributed by atoms with Crippen LogP contribution in [0.25, 0.3) is 18.2 Å². The van der Waals surface area contributed by atoms with E-state index >= 15 is 0 Å². The van der Waals surface area contributed by atoms with Crippen LogP contribution in [0.15, 0.2) is 91.0 Å². The quantitative estimate of drug-likeness (QED) is 0.0261. The van der Waals surface area contributed by atoms with Gasteiger partial charge in [0.1, 0.15) is 0 Å². The molecule has 3 saturated heterocycles. The number of quaternary nitrogens is 1. The van der Waals surface area contributed by atoms with E-state index in [0.29, 0.717) is 52.4 Å². The number of amides is 1. The van der Waals surface area contributed by atoms with Crippen molar-refractivity contribution >= 4 is 92.9 Å². The van der Waals surface area contributed by atoms with Gasteiger partial charge in [0.15, 0.2) is 0 Å². The maximum absolute atomic E-state index is 12.3. The molecule has 6 fully saturated rings. The van der Waals surface area contributed by atoms with Gasteiger partial charge in [-0.2, -0.15) is 8.61 Å². The third kappa shape index (κ3) is 21.7. The van der Waals surface area contributed by atoms with E-state index in [9.17, 15) is 39.6 Å². The van der Waals surface area contributed by atoms with Crippen LogP contribution < -0.4 is 73.4 Å². The third-order valence-corrected chi connectivity index (χ3v) is 19.6. The number of esters is 2. The average molecular weight is 1200 g/mol. The number of nitrogens with one attached hydrogen (secondary N) is 1. The smallest absolute Gasteiger partial charge is 1.00 e. The molecule has 0 unspecified atom stereocenters. The van der Waals surface area contributed by atoms with Crippen LogP contribution in [0.3, 0.4) is 0 Å². The normalized spacial score (nSPS) is 17.8. The van der Waals surface area contributed by atoms with Gasteiger partial charge in [0.25, 0.3) is 5.91 Å². The summed E-state index contributed by atoms with van der Waals surface area (Å²) in [6, 6.07) is 23.5. The topological polar surface area (TPSA) is 313 Å². The number of para-hydroxylation sites is 3. The number of ether oxygens (including phenoxy) is 2. The zero-order valence-electron chi connectivity index (χ0n) is 44.1. The van der Waals surface area contributed by atoms with Gasteiger partial charge < -0.3 is 52.6 Å². The molecule has 0 atom stereocenters. The van der Waals surface area contributed by atoms with E-state index in [-0.39, 0.29) is 69.2 Å². The fraction of sp³-hybridized carbons (Fsp3) is 0.460. The summed E-state index contributed by atoms with van der Waals surface area (Å²) in [4.78, 5) is 40.2. The first-order chi connectivity index (χ1) is 36.0. The van der Waals surface area contributed by atoms with Crippen LogP contribution in [0, 0.1) is 0 Å². The Bertz CT molecular complexity index is 2680. The number of carbonyl (C=O) groups excluding carboxylic acids is 3. The summed E-state index contributed by atoms with van der Waals surface area (Å²) in [6.45, 7) is 8.83.